The molecule has 1 heterocycles. The van der Waals surface area contributed by atoms with Gasteiger partial charge in [-0.15, -0.1) is 0 Å². The number of pyridine rings is 1. The predicted molar refractivity (Wildman–Crippen MR) is 58.8 cm³/mol. The van der Waals surface area contributed by atoms with E-state index >= 15 is 0 Å². The molecule has 0 radical (unpaired) electrons. The van der Waals surface area contributed by atoms with Crippen molar-refractivity contribution in [1.82, 2.24) is 4.98 Å². The number of benzene rings is 1. The number of carbonyl (C=O) groups excluding carboxylic acids is 1. The summed E-state index contributed by atoms with van der Waals surface area (Å²) in [7, 11) is 0. The maximum Gasteiger partial charge on any atom is 0.215 e. The first kappa shape index (κ1) is 10.5. The number of hydrogen-bond donors (Lipinski definition) is 0. The standard InChI is InChI=1S/C13H10FNO/c1-9-7-11(8-15-13(9)14)12(16)10-5-3-2-4-6-10/h2-8H,1H3. The van der Waals surface area contributed by atoms with E-state index in [1.165, 1.54) is 12.3 Å². The second-order valence-electron chi connectivity index (χ2n) is 3.53. The molecule has 0 fully saturated rings. The van der Waals surface area contributed by atoms with E-state index < -0.39 is 5.95 Å². The SMILES string of the molecule is Cc1cc(C(=O)c2ccccc2)cnc1F. The quantitative estimate of drug-likeness (QED) is 0.569. The second-order valence-corrected chi connectivity index (χ2v) is 3.53. The van der Waals surface area contributed by atoms with Gasteiger partial charge in [0.1, 0.15) is 0 Å². The van der Waals surface area contributed by atoms with Crippen molar-refractivity contribution in [2.24, 2.45) is 0 Å². The van der Waals surface area contributed by atoms with Gasteiger partial charge in [-0.3, -0.25) is 4.79 Å². The minimum absolute atomic E-state index is 0.142. The Morgan fingerprint density at radius 1 is 1.19 bits per heavy atom. The number of ketones is 1. The Hall–Kier alpha value is -2.03. The molecule has 3 heteroatoms. The van der Waals surface area contributed by atoms with Crippen molar-refractivity contribution in [1.29, 1.82) is 0 Å². The molecule has 0 saturated heterocycles. The van der Waals surface area contributed by atoms with Crippen LogP contribution < -0.4 is 0 Å². The van der Waals surface area contributed by atoms with Crippen LogP contribution in [0.2, 0.25) is 0 Å². The number of aryl methyl sites for hydroxylation is 1. The van der Waals surface area contributed by atoms with E-state index in [0.717, 1.165) is 0 Å². The average molecular weight is 215 g/mol. The van der Waals surface area contributed by atoms with Crippen LogP contribution in [0.15, 0.2) is 42.6 Å². The molecule has 16 heavy (non-hydrogen) atoms. The lowest BCUT2D eigenvalue weighted by Gasteiger charge is -2.02. The summed E-state index contributed by atoms with van der Waals surface area (Å²) in [6.07, 6.45) is 1.26. The number of rotatable bonds is 2. The van der Waals surface area contributed by atoms with E-state index in [4.69, 9.17) is 0 Å². The number of carbonyl (C=O) groups is 1. The maximum atomic E-state index is 12.9. The van der Waals surface area contributed by atoms with E-state index in [9.17, 15) is 9.18 Å². The third-order valence-electron chi connectivity index (χ3n) is 2.31. The van der Waals surface area contributed by atoms with E-state index in [1.807, 2.05) is 6.07 Å². The average Bonchev–Trinajstić information content (AvgIpc) is 2.33. The summed E-state index contributed by atoms with van der Waals surface area (Å²) in [5, 5.41) is 0. The van der Waals surface area contributed by atoms with Gasteiger partial charge < -0.3 is 0 Å². The van der Waals surface area contributed by atoms with Gasteiger partial charge in [-0.2, -0.15) is 4.39 Å². The Labute approximate surface area is 92.8 Å². The predicted octanol–water partition coefficient (Wildman–Crippen LogP) is 2.76. The fraction of sp³-hybridized carbons (Fsp3) is 0.0769. The van der Waals surface area contributed by atoms with E-state index in [-0.39, 0.29) is 5.78 Å². The van der Waals surface area contributed by atoms with Gasteiger partial charge in [-0.1, -0.05) is 30.3 Å². The first-order chi connectivity index (χ1) is 7.68. The topological polar surface area (TPSA) is 30.0 Å². The maximum absolute atomic E-state index is 12.9. The normalized spacial score (nSPS) is 10.1. The molecule has 0 unspecified atom stereocenters. The molecule has 80 valence electrons. The van der Waals surface area contributed by atoms with Crippen molar-refractivity contribution in [3.8, 4) is 0 Å². The number of halogens is 1. The highest BCUT2D eigenvalue weighted by atomic mass is 19.1. The molecule has 0 spiro atoms. The van der Waals surface area contributed by atoms with E-state index in [0.29, 0.717) is 16.7 Å². The highest BCUT2D eigenvalue weighted by Gasteiger charge is 2.10. The molecule has 0 atom stereocenters. The molecule has 0 amide bonds. The molecule has 0 aliphatic carbocycles. The van der Waals surface area contributed by atoms with Crippen molar-refractivity contribution in [2.75, 3.05) is 0 Å². The molecule has 0 bridgehead atoms. The van der Waals surface area contributed by atoms with Crippen LogP contribution in [0.25, 0.3) is 0 Å². The van der Waals surface area contributed by atoms with E-state index in [2.05, 4.69) is 4.98 Å². The van der Waals surface area contributed by atoms with Gasteiger partial charge in [0.25, 0.3) is 0 Å². The molecular formula is C13H10FNO. The van der Waals surface area contributed by atoms with Crippen LogP contribution in [0.4, 0.5) is 4.39 Å². The Kier molecular flexibility index (Phi) is 2.77. The van der Waals surface area contributed by atoms with Crippen molar-refractivity contribution >= 4 is 5.78 Å². The fourth-order valence-electron chi connectivity index (χ4n) is 1.44. The summed E-state index contributed by atoms with van der Waals surface area (Å²) in [4.78, 5) is 15.5. The molecule has 0 saturated carbocycles. The van der Waals surface area contributed by atoms with E-state index in [1.54, 1.807) is 31.2 Å². The lowest BCUT2D eigenvalue weighted by molar-refractivity contribution is 0.103. The van der Waals surface area contributed by atoms with Crippen LogP contribution in [0.3, 0.4) is 0 Å². The highest BCUT2D eigenvalue weighted by molar-refractivity contribution is 6.08. The summed E-state index contributed by atoms with van der Waals surface area (Å²) in [6, 6.07) is 10.4. The van der Waals surface area contributed by atoms with Crippen LogP contribution in [0.5, 0.6) is 0 Å². The van der Waals surface area contributed by atoms with Gasteiger partial charge in [0.15, 0.2) is 5.78 Å². The molecule has 2 rings (SSSR count). The van der Waals surface area contributed by atoms with Crippen LogP contribution in [0, 0.1) is 12.9 Å². The Balaban J connectivity index is 2.39. The molecule has 1 aromatic heterocycles. The van der Waals surface area contributed by atoms with Crippen molar-refractivity contribution in [3.63, 3.8) is 0 Å². The Bertz CT molecular complexity index is 523. The summed E-state index contributed by atoms with van der Waals surface area (Å²) in [5.41, 5.74) is 1.36. The van der Waals surface area contributed by atoms with Crippen LogP contribution in [-0.2, 0) is 0 Å². The molecule has 2 aromatic rings. The first-order valence-corrected chi connectivity index (χ1v) is 4.90. The van der Waals surface area contributed by atoms with Gasteiger partial charge in [-0.05, 0) is 13.0 Å². The van der Waals surface area contributed by atoms with Gasteiger partial charge in [0.2, 0.25) is 5.95 Å². The summed E-state index contributed by atoms with van der Waals surface area (Å²) < 4.78 is 12.9. The van der Waals surface area contributed by atoms with Gasteiger partial charge in [-0.25, -0.2) is 4.98 Å². The Morgan fingerprint density at radius 2 is 1.88 bits per heavy atom. The third kappa shape index (κ3) is 1.98. The smallest absolute Gasteiger partial charge is 0.215 e. The molecule has 0 aliphatic rings. The van der Waals surface area contributed by atoms with Crippen molar-refractivity contribution in [2.45, 2.75) is 6.92 Å². The van der Waals surface area contributed by atoms with Gasteiger partial charge >= 0.3 is 0 Å². The number of nitrogens with zero attached hydrogens (tertiary/aromatic N) is 1. The minimum Gasteiger partial charge on any atom is -0.289 e. The highest BCUT2D eigenvalue weighted by Crippen LogP contribution is 2.11. The largest absolute Gasteiger partial charge is 0.289 e. The monoisotopic (exact) mass is 215 g/mol. The number of hydrogen-bond acceptors (Lipinski definition) is 2. The zero-order valence-electron chi connectivity index (χ0n) is 8.77. The van der Waals surface area contributed by atoms with Crippen LogP contribution in [0.1, 0.15) is 21.5 Å². The molecule has 1 aromatic carbocycles. The summed E-state index contributed by atoms with van der Waals surface area (Å²) in [6.45, 7) is 1.59. The van der Waals surface area contributed by atoms with Crippen LogP contribution >= 0.6 is 0 Å². The Morgan fingerprint density at radius 3 is 2.50 bits per heavy atom. The molecular weight excluding hydrogens is 205 g/mol. The second kappa shape index (κ2) is 4.23. The summed E-state index contributed by atoms with van der Waals surface area (Å²) >= 11 is 0. The first-order valence-electron chi connectivity index (χ1n) is 4.90. The lowest BCUT2D eigenvalue weighted by Crippen LogP contribution is -2.03. The third-order valence-corrected chi connectivity index (χ3v) is 2.31. The molecule has 0 N–H and O–H groups in total. The van der Waals surface area contributed by atoms with Crippen LogP contribution in [-0.4, -0.2) is 10.8 Å². The zero-order chi connectivity index (χ0) is 11.5. The fourth-order valence-corrected chi connectivity index (χ4v) is 1.44. The lowest BCUT2D eigenvalue weighted by atomic mass is 10.0. The number of aromatic nitrogens is 1. The minimum atomic E-state index is -0.537. The molecule has 0 aliphatic heterocycles. The summed E-state index contributed by atoms with van der Waals surface area (Å²) in [5.74, 6) is -0.680. The molecule has 2 nitrogen and oxygen atoms in total. The van der Waals surface area contributed by atoms with Crippen molar-refractivity contribution < 1.29 is 9.18 Å². The van der Waals surface area contributed by atoms with Crippen molar-refractivity contribution in [3.05, 3.63) is 65.2 Å². The van der Waals surface area contributed by atoms with Gasteiger partial charge in [0.05, 0.1) is 0 Å². The zero-order valence-corrected chi connectivity index (χ0v) is 8.77. The van der Waals surface area contributed by atoms with Gasteiger partial charge in [0, 0.05) is 22.9 Å².